The third kappa shape index (κ3) is 1.00. The van der Waals surface area contributed by atoms with Gasteiger partial charge in [0.2, 0.25) is 0 Å². The van der Waals surface area contributed by atoms with Gasteiger partial charge in [0.1, 0.15) is 5.69 Å². The van der Waals surface area contributed by atoms with Gasteiger partial charge in [-0.3, -0.25) is 0 Å². The van der Waals surface area contributed by atoms with Crippen molar-refractivity contribution in [3.63, 3.8) is 0 Å². The SMILES string of the molecule is CCc1c(C(=O)O)n2c3c(cccc13)CC2. The van der Waals surface area contributed by atoms with Gasteiger partial charge in [-0.1, -0.05) is 25.1 Å². The first-order valence-electron chi connectivity index (χ1n) is 5.60. The van der Waals surface area contributed by atoms with Crippen molar-refractivity contribution < 1.29 is 9.90 Å². The summed E-state index contributed by atoms with van der Waals surface area (Å²) in [5.41, 5.74) is 3.88. The number of carboxylic acid groups (broad SMARTS) is 1. The lowest BCUT2D eigenvalue weighted by atomic mass is 10.0. The molecule has 0 aliphatic carbocycles. The molecule has 1 aliphatic rings. The van der Waals surface area contributed by atoms with Gasteiger partial charge < -0.3 is 9.67 Å². The Morgan fingerprint density at radius 2 is 2.31 bits per heavy atom. The number of benzene rings is 1. The van der Waals surface area contributed by atoms with Gasteiger partial charge in [-0.05, 0) is 24.0 Å². The molecule has 1 aliphatic heterocycles. The molecule has 0 bridgehead atoms. The summed E-state index contributed by atoms with van der Waals surface area (Å²) in [5, 5.41) is 10.4. The fourth-order valence-corrected chi connectivity index (χ4v) is 2.82. The molecule has 0 spiro atoms. The van der Waals surface area contributed by atoms with Gasteiger partial charge in [0.25, 0.3) is 0 Å². The molecule has 0 saturated carbocycles. The van der Waals surface area contributed by atoms with E-state index in [-0.39, 0.29) is 0 Å². The summed E-state index contributed by atoms with van der Waals surface area (Å²) in [6.07, 6.45) is 1.73. The van der Waals surface area contributed by atoms with E-state index in [0.717, 1.165) is 35.9 Å². The third-order valence-corrected chi connectivity index (χ3v) is 3.43. The highest BCUT2D eigenvalue weighted by atomic mass is 16.4. The maximum atomic E-state index is 11.3. The molecular weight excluding hydrogens is 202 g/mol. The smallest absolute Gasteiger partial charge is 0.352 e. The monoisotopic (exact) mass is 215 g/mol. The topological polar surface area (TPSA) is 42.2 Å². The molecule has 0 fully saturated rings. The van der Waals surface area contributed by atoms with Crippen LogP contribution in [0, 0.1) is 0 Å². The van der Waals surface area contributed by atoms with Crippen LogP contribution >= 0.6 is 0 Å². The number of carbonyl (C=O) groups is 1. The highest BCUT2D eigenvalue weighted by molar-refractivity contribution is 6.00. The van der Waals surface area contributed by atoms with Crippen molar-refractivity contribution in [1.29, 1.82) is 0 Å². The molecule has 0 amide bonds. The van der Waals surface area contributed by atoms with Gasteiger partial charge in [0.05, 0.1) is 5.52 Å². The molecule has 16 heavy (non-hydrogen) atoms. The van der Waals surface area contributed by atoms with Crippen LogP contribution in [0.5, 0.6) is 0 Å². The minimum absolute atomic E-state index is 0.488. The van der Waals surface area contributed by atoms with Crippen molar-refractivity contribution in [2.24, 2.45) is 0 Å². The summed E-state index contributed by atoms with van der Waals surface area (Å²) >= 11 is 0. The van der Waals surface area contributed by atoms with Crippen molar-refractivity contribution in [3.05, 3.63) is 35.0 Å². The summed E-state index contributed by atoms with van der Waals surface area (Å²) in [5.74, 6) is -0.805. The first-order valence-corrected chi connectivity index (χ1v) is 5.60. The van der Waals surface area contributed by atoms with Crippen LogP contribution in [-0.4, -0.2) is 15.6 Å². The van der Waals surface area contributed by atoms with Crippen LogP contribution in [0.1, 0.15) is 28.5 Å². The number of nitrogens with zero attached hydrogens (tertiary/aromatic N) is 1. The maximum Gasteiger partial charge on any atom is 0.352 e. The van der Waals surface area contributed by atoms with Gasteiger partial charge in [-0.15, -0.1) is 0 Å². The van der Waals surface area contributed by atoms with Gasteiger partial charge in [-0.25, -0.2) is 4.79 Å². The molecule has 0 radical (unpaired) electrons. The summed E-state index contributed by atoms with van der Waals surface area (Å²) in [6.45, 7) is 2.82. The standard InChI is InChI=1S/C13H13NO2/c1-2-9-10-5-3-4-8-6-7-14(11(8)10)12(9)13(15)16/h3-5H,2,6-7H2,1H3,(H,15,16). The number of aromatic nitrogens is 1. The molecular formula is C13H13NO2. The Morgan fingerprint density at radius 3 is 3.00 bits per heavy atom. The number of aromatic carboxylic acids is 1. The number of hydrogen-bond donors (Lipinski definition) is 1. The molecule has 3 nitrogen and oxygen atoms in total. The Labute approximate surface area is 93.3 Å². The van der Waals surface area contributed by atoms with E-state index in [9.17, 15) is 9.90 Å². The van der Waals surface area contributed by atoms with E-state index < -0.39 is 5.97 Å². The van der Waals surface area contributed by atoms with Crippen molar-refractivity contribution in [2.75, 3.05) is 0 Å². The van der Waals surface area contributed by atoms with Crippen molar-refractivity contribution >= 4 is 16.9 Å². The van der Waals surface area contributed by atoms with Crippen molar-refractivity contribution in [1.82, 2.24) is 4.57 Å². The Bertz CT molecular complexity index is 595. The molecule has 1 aromatic carbocycles. The van der Waals surface area contributed by atoms with Crippen LogP contribution in [0.2, 0.25) is 0 Å². The third-order valence-electron chi connectivity index (χ3n) is 3.43. The zero-order chi connectivity index (χ0) is 11.3. The van der Waals surface area contributed by atoms with E-state index in [2.05, 4.69) is 6.07 Å². The second-order valence-corrected chi connectivity index (χ2v) is 4.20. The number of para-hydroxylation sites is 1. The molecule has 0 unspecified atom stereocenters. The molecule has 0 saturated heterocycles. The van der Waals surface area contributed by atoms with Crippen LogP contribution in [-0.2, 0) is 19.4 Å². The largest absolute Gasteiger partial charge is 0.477 e. The summed E-state index contributed by atoms with van der Waals surface area (Å²) in [7, 11) is 0. The molecule has 1 aromatic heterocycles. The van der Waals surface area contributed by atoms with E-state index in [1.54, 1.807) is 0 Å². The fourth-order valence-electron chi connectivity index (χ4n) is 2.82. The summed E-state index contributed by atoms with van der Waals surface area (Å²) < 4.78 is 1.96. The Balaban J connectivity index is 2.49. The molecule has 1 N–H and O–H groups in total. The van der Waals surface area contributed by atoms with Crippen LogP contribution in [0.25, 0.3) is 10.9 Å². The fraction of sp³-hybridized carbons (Fsp3) is 0.308. The Morgan fingerprint density at radius 1 is 1.50 bits per heavy atom. The first-order chi connectivity index (χ1) is 7.74. The normalized spacial score (nSPS) is 13.6. The average Bonchev–Trinajstić information content (AvgIpc) is 2.82. The van der Waals surface area contributed by atoms with E-state index in [1.165, 1.54) is 5.56 Å². The molecule has 3 heteroatoms. The van der Waals surface area contributed by atoms with E-state index >= 15 is 0 Å². The highest BCUT2D eigenvalue weighted by Gasteiger charge is 2.25. The number of aryl methyl sites for hydroxylation is 3. The minimum Gasteiger partial charge on any atom is -0.477 e. The number of rotatable bonds is 2. The van der Waals surface area contributed by atoms with Gasteiger partial charge >= 0.3 is 5.97 Å². The minimum atomic E-state index is -0.805. The first kappa shape index (κ1) is 9.46. The van der Waals surface area contributed by atoms with Crippen molar-refractivity contribution in [3.8, 4) is 0 Å². The molecule has 82 valence electrons. The predicted octanol–water partition coefficient (Wildman–Crippen LogP) is 2.46. The highest BCUT2D eigenvalue weighted by Crippen LogP contribution is 2.33. The van der Waals surface area contributed by atoms with E-state index in [1.807, 2.05) is 23.6 Å². The van der Waals surface area contributed by atoms with Gasteiger partial charge in [-0.2, -0.15) is 0 Å². The molecule has 0 atom stereocenters. The summed E-state index contributed by atoms with van der Waals surface area (Å²) in [4.78, 5) is 11.3. The maximum absolute atomic E-state index is 11.3. The second-order valence-electron chi connectivity index (χ2n) is 4.20. The Kier molecular flexibility index (Phi) is 1.84. The molecule has 2 aromatic rings. The van der Waals surface area contributed by atoms with Crippen LogP contribution in [0.3, 0.4) is 0 Å². The summed E-state index contributed by atoms with van der Waals surface area (Å²) in [6, 6.07) is 6.15. The average molecular weight is 215 g/mol. The zero-order valence-electron chi connectivity index (χ0n) is 9.16. The van der Waals surface area contributed by atoms with Crippen molar-refractivity contribution in [2.45, 2.75) is 26.3 Å². The van der Waals surface area contributed by atoms with Gasteiger partial charge in [0, 0.05) is 11.9 Å². The van der Waals surface area contributed by atoms with Crippen LogP contribution in [0.15, 0.2) is 18.2 Å². The molecule has 2 heterocycles. The van der Waals surface area contributed by atoms with Gasteiger partial charge in [0.15, 0.2) is 0 Å². The van der Waals surface area contributed by atoms with Crippen LogP contribution in [0.4, 0.5) is 0 Å². The number of hydrogen-bond acceptors (Lipinski definition) is 1. The van der Waals surface area contributed by atoms with Crippen LogP contribution < -0.4 is 0 Å². The predicted molar refractivity (Wildman–Crippen MR) is 62.0 cm³/mol. The van der Waals surface area contributed by atoms with E-state index in [4.69, 9.17) is 0 Å². The van der Waals surface area contributed by atoms with E-state index in [0.29, 0.717) is 5.69 Å². The lowest BCUT2D eigenvalue weighted by Crippen LogP contribution is -2.08. The second kappa shape index (κ2) is 3.11. The lowest BCUT2D eigenvalue weighted by Gasteiger charge is -2.02. The zero-order valence-corrected chi connectivity index (χ0v) is 9.16. The Hall–Kier alpha value is -1.77. The quantitative estimate of drug-likeness (QED) is 0.836. The lowest BCUT2D eigenvalue weighted by molar-refractivity contribution is 0.0685. The molecule has 3 rings (SSSR count). The number of carboxylic acids is 1.